The molecule has 0 spiro atoms. The zero-order valence-electron chi connectivity index (χ0n) is 20.7. The zero-order chi connectivity index (χ0) is 26.9. The van der Waals surface area contributed by atoms with Crippen molar-refractivity contribution in [3.63, 3.8) is 0 Å². The Morgan fingerprint density at radius 3 is 1.95 bits per heavy atom. The van der Waals surface area contributed by atoms with Crippen LogP contribution in [0.1, 0.15) is 41.5 Å². The minimum absolute atomic E-state index is 0.122. The summed E-state index contributed by atoms with van der Waals surface area (Å²) in [4.78, 5) is 28.7. The Labute approximate surface area is 213 Å². The molecule has 0 fully saturated rings. The summed E-state index contributed by atoms with van der Waals surface area (Å²) in [5.74, 6) is -3.80. The highest BCUT2D eigenvalue weighted by Gasteiger charge is 2.40. The largest absolute Gasteiger partial charge is 0.478 e. The van der Waals surface area contributed by atoms with Crippen molar-refractivity contribution >= 4 is 11.9 Å². The van der Waals surface area contributed by atoms with Crippen LogP contribution in [0.3, 0.4) is 0 Å². The quantitative estimate of drug-likeness (QED) is 0.570. The summed E-state index contributed by atoms with van der Waals surface area (Å²) < 4.78 is 39.4. The molecule has 2 heterocycles. The van der Waals surface area contributed by atoms with Crippen LogP contribution in [-0.4, -0.2) is 58.6 Å². The van der Waals surface area contributed by atoms with E-state index in [1.54, 1.807) is 18.9 Å². The molecule has 2 aliphatic rings. The number of alkyl halides is 3. The van der Waals surface area contributed by atoms with Crippen molar-refractivity contribution in [3.8, 4) is 0 Å². The molecule has 2 N–H and O–H groups in total. The van der Waals surface area contributed by atoms with E-state index in [0.717, 1.165) is 38.1 Å². The smallest absolute Gasteiger partial charge is 0.416 e. The fraction of sp³-hybridized carbons (Fsp3) is 0.357. The Morgan fingerprint density at radius 2 is 1.46 bits per heavy atom. The maximum Gasteiger partial charge on any atom is 0.416 e. The Kier molecular flexibility index (Phi) is 7.45. The average molecular weight is 515 g/mol. The molecule has 0 amide bonds. The van der Waals surface area contributed by atoms with E-state index in [-0.39, 0.29) is 16.7 Å². The summed E-state index contributed by atoms with van der Waals surface area (Å²) in [5, 5.41) is 20.2. The van der Waals surface area contributed by atoms with Gasteiger partial charge in [-0.15, -0.1) is 0 Å². The van der Waals surface area contributed by atoms with Gasteiger partial charge in [0.1, 0.15) is 0 Å². The van der Waals surface area contributed by atoms with Crippen LogP contribution in [0.2, 0.25) is 0 Å². The molecule has 2 aromatic rings. The lowest BCUT2D eigenvalue weighted by Gasteiger charge is -2.37. The number of halogens is 3. The van der Waals surface area contributed by atoms with Gasteiger partial charge in [0.05, 0.1) is 22.6 Å². The van der Waals surface area contributed by atoms with Crippen molar-refractivity contribution in [2.24, 2.45) is 0 Å². The molecule has 4 rings (SSSR count). The Balaban J connectivity index is 1.67. The highest BCUT2D eigenvalue weighted by molar-refractivity contribution is 5.98. The van der Waals surface area contributed by atoms with Crippen molar-refractivity contribution < 1.29 is 33.0 Å². The number of fused-ring (bicyclic) bond motifs is 1. The van der Waals surface area contributed by atoms with E-state index in [1.807, 2.05) is 12.1 Å². The molecule has 1 atom stereocenters. The third kappa shape index (κ3) is 5.41. The van der Waals surface area contributed by atoms with Crippen LogP contribution in [0.15, 0.2) is 71.1 Å². The van der Waals surface area contributed by atoms with Crippen molar-refractivity contribution in [3.05, 3.63) is 93.3 Å². The van der Waals surface area contributed by atoms with Crippen molar-refractivity contribution in [2.45, 2.75) is 38.3 Å². The Bertz CT molecular complexity index is 1240. The van der Waals surface area contributed by atoms with Gasteiger partial charge >= 0.3 is 18.1 Å². The molecule has 0 saturated heterocycles. The predicted molar refractivity (Wildman–Crippen MR) is 132 cm³/mol. The summed E-state index contributed by atoms with van der Waals surface area (Å²) in [6.45, 7) is 3.80. The molecular weight excluding hydrogens is 485 g/mol. The van der Waals surface area contributed by atoms with Gasteiger partial charge < -0.3 is 20.0 Å². The van der Waals surface area contributed by atoms with Crippen LogP contribution < -0.4 is 0 Å². The van der Waals surface area contributed by atoms with Crippen LogP contribution in [0.5, 0.6) is 0 Å². The molecule has 196 valence electrons. The number of aliphatic carboxylic acids is 2. The van der Waals surface area contributed by atoms with Crippen molar-refractivity contribution in [2.75, 3.05) is 26.7 Å². The molecule has 0 bridgehead atoms. The SMILES string of the molecule is CC1=C(C(=O)O)C(c2ccc(C(F)(F)F)cc2)C(C(=O)O)=C(CCN2CCc3ccccc3CC2)N1C. The van der Waals surface area contributed by atoms with Gasteiger partial charge in [-0.05, 0) is 48.6 Å². The molecule has 0 aliphatic carbocycles. The Hall–Kier alpha value is -3.59. The fourth-order valence-electron chi connectivity index (χ4n) is 5.31. The van der Waals surface area contributed by atoms with Gasteiger partial charge in [0.25, 0.3) is 0 Å². The second kappa shape index (κ2) is 10.4. The molecule has 2 aliphatic heterocycles. The van der Waals surface area contributed by atoms with Gasteiger partial charge in [0.15, 0.2) is 0 Å². The lowest BCUT2D eigenvalue weighted by molar-refractivity contribution is -0.138. The standard InChI is InChI=1S/C28H29F3N2O4/c1-17-23(26(34)35)24(20-7-9-21(10-8-20)28(29,30)31)25(27(36)37)22(32(17)2)13-16-33-14-11-18-5-3-4-6-19(18)12-15-33/h3-10,24H,11-16H2,1-2H3,(H,34,35)(H,36,37). The number of rotatable bonds is 6. The maximum absolute atomic E-state index is 13.1. The lowest BCUT2D eigenvalue weighted by atomic mass is 9.79. The highest BCUT2D eigenvalue weighted by atomic mass is 19.4. The molecule has 0 radical (unpaired) electrons. The number of carboxylic acids is 2. The second-order valence-electron chi connectivity index (χ2n) is 9.44. The van der Waals surface area contributed by atoms with Gasteiger partial charge in [-0.2, -0.15) is 13.2 Å². The summed E-state index contributed by atoms with van der Waals surface area (Å²) in [6.07, 6.45) is -2.44. The molecule has 6 nitrogen and oxygen atoms in total. The zero-order valence-corrected chi connectivity index (χ0v) is 20.7. The third-order valence-electron chi connectivity index (χ3n) is 7.40. The highest BCUT2D eigenvalue weighted by Crippen LogP contribution is 2.43. The third-order valence-corrected chi connectivity index (χ3v) is 7.40. The molecule has 37 heavy (non-hydrogen) atoms. The first-order chi connectivity index (χ1) is 17.5. The minimum Gasteiger partial charge on any atom is -0.478 e. The summed E-state index contributed by atoms with van der Waals surface area (Å²) in [6, 6.07) is 12.3. The van der Waals surface area contributed by atoms with Gasteiger partial charge in [-0.25, -0.2) is 9.59 Å². The molecule has 0 aromatic heterocycles. The van der Waals surface area contributed by atoms with Crippen molar-refractivity contribution in [1.82, 2.24) is 9.80 Å². The van der Waals surface area contributed by atoms with Crippen molar-refractivity contribution in [1.29, 1.82) is 0 Å². The number of benzene rings is 2. The molecule has 1 unspecified atom stereocenters. The van der Waals surface area contributed by atoms with E-state index in [1.165, 1.54) is 23.3 Å². The van der Waals surface area contributed by atoms with Gasteiger partial charge in [0.2, 0.25) is 0 Å². The molecule has 0 saturated carbocycles. The topological polar surface area (TPSA) is 81.1 Å². The first kappa shape index (κ1) is 26.5. The monoisotopic (exact) mass is 514 g/mol. The van der Waals surface area contributed by atoms with E-state index in [9.17, 15) is 33.0 Å². The first-order valence-corrected chi connectivity index (χ1v) is 12.1. The fourth-order valence-corrected chi connectivity index (χ4v) is 5.31. The van der Waals surface area contributed by atoms with Crippen LogP contribution in [0.4, 0.5) is 13.2 Å². The van der Waals surface area contributed by atoms with Crippen LogP contribution in [0, 0.1) is 0 Å². The number of carboxylic acid groups (broad SMARTS) is 2. The molecular formula is C28H29F3N2O4. The Morgan fingerprint density at radius 1 is 0.919 bits per heavy atom. The number of hydrogen-bond donors (Lipinski definition) is 2. The van der Waals surface area contributed by atoms with E-state index in [2.05, 4.69) is 17.0 Å². The van der Waals surface area contributed by atoms with Crippen LogP contribution in [0.25, 0.3) is 0 Å². The van der Waals surface area contributed by atoms with E-state index < -0.39 is 29.6 Å². The summed E-state index contributed by atoms with van der Waals surface area (Å²) >= 11 is 0. The first-order valence-electron chi connectivity index (χ1n) is 12.1. The maximum atomic E-state index is 13.1. The number of carbonyl (C=O) groups is 2. The normalized spacial score (nSPS) is 19.1. The van der Waals surface area contributed by atoms with Crippen LogP contribution >= 0.6 is 0 Å². The van der Waals surface area contributed by atoms with E-state index in [0.29, 0.717) is 24.4 Å². The minimum atomic E-state index is -4.56. The summed E-state index contributed by atoms with van der Waals surface area (Å²) in [7, 11) is 1.64. The molecule has 9 heteroatoms. The van der Waals surface area contributed by atoms with Gasteiger partial charge in [-0.1, -0.05) is 36.4 Å². The lowest BCUT2D eigenvalue weighted by Crippen LogP contribution is -2.35. The molecule has 2 aromatic carbocycles. The van der Waals surface area contributed by atoms with Gasteiger partial charge in [-0.3, -0.25) is 0 Å². The predicted octanol–water partition coefficient (Wildman–Crippen LogP) is 4.92. The number of hydrogen-bond acceptors (Lipinski definition) is 4. The second-order valence-corrected chi connectivity index (χ2v) is 9.44. The number of allylic oxidation sites excluding steroid dienone is 1. The average Bonchev–Trinajstić information content (AvgIpc) is 3.06. The van der Waals surface area contributed by atoms with E-state index in [4.69, 9.17) is 0 Å². The van der Waals surface area contributed by atoms with Gasteiger partial charge in [0, 0.05) is 44.5 Å². The number of nitrogens with zero attached hydrogens (tertiary/aromatic N) is 2. The van der Waals surface area contributed by atoms with E-state index >= 15 is 0 Å². The summed E-state index contributed by atoms with van der Waals surface area (Å²) in [5.41, 5.74) is 2.46. The van der Waals surface area contributed by atoms with Crippen LogP contribution in [-0.2, 0) is 28.6 Å².